The molecule has 0 aliphatic carbocycles. The molecule has 0 radical (unpaired) electrons. The molecule has 1 fully saturated rings. The molecule has 0 saturated carbocycles. The number of hydrogen-bond acceptors (Lipinski definition) is 3. The monoisotopic (exact) mass is 417 g/mol. The Labute approximate surface area is 181 Å². The molecule has 6 heteroatoms. The van der Waals surface area contributed by atoms with Gasteiger partial charge < -0.3 is 9.88 Å². The summed E-state index contributed by atoms with van der Waals surface area (Å²) in [5.41, 5.74) is 2.32. The first-order chi connectivity index (χ1) is 14.9. The predicted molar refractivity (Wildman–Crippen MR) is 119 cm³/mol. The Hall–Kier alpha value is -3.41. The SMILES string of the molecule is Cn1cc(CCNC(=O)CCN2C(=O)C[C@](C)(c3ccccc3)C2=O)c2ccccc21. The normalized spacial score (nSPS) is 18.7. The van der Waals surface area contributed by atoms with Crippen LogP contribution in [0.5, 0.6) is 0 Å². The van der Waals surface area contributed by atoms with Crippen LogP contribution in [-0.4, -0.2) is 40.3 Å². The number of aromatic nitrogens is 1. The van der Waals surface area contributed by atoms with Gasteiger partial charge >= 0.3 is 0 Å². The molecule has 1 N–H and O–H groups in total. The van der Waals surface area contributed by atoms with E-state index >= 15 is 0 Å². The highest BCUT2D eigenvalue weighted by atomic mass is 16.2. The maximum atomic E-state index is 12.9. The first-order valence-corrected chi connectivity index (χ1v) is 10.6. The number of rotatable bonds is 7. The van der Waals surface area contributed by atoms with Crippen molar-refractivity contribution in [2.24, 2.45) is 7.05 Å². The summed E-state index contributed by atoms with van der Waals surface area (Å²) in [5.74, 6) is -0.610. The van der Waals surface area contributed by atoms with E-state index in [0.29, 0.717) is 6.54 Å². The third-order valence-electron chi connectivity index (χ3n) is 6.19. The number of likely N-dealkylation sites (tertiary alicyclic amines) is 1. The Morgan fingerprint density at radius 1 is 1.06 bits per heavy atom. The molecular weight excluding hydrogens is 390 g/mol. The van der Waals surface area contributed by atoms with E-state index < -0.39 is 5.41 Å². The maximum absolute atomic E-state index is 12.9. The van der Waals surface area contributed by atoms with E-state index in [9.17, 15) is 14.4 Å². The molecule has 3 aromatic rings. The van der Waals surface area contributed by atoms with Crippen LogP contribution in [0, 0.1) is 0 Å². The average molecular weight is 418 g/mol. The van der Waals surface area contributed by atoms with Gasteiger partial charge in [-0.05, 0) is 30.5 Å². The van der Waals surface area contributed by atoms with Crippen molar-refractivity contribution in [2.45, 2.75) is 31.6 Å². The fourth-order valence-corrected chi connectivity index (χ4v) is 4.41. The molecule has 2 aromatic carbocycles. The van der Waals surface area contributed by atoms with E-state index in [0.717, 1.165) is 17.5 Å². The van der Waals surface area contributed by atoms with Gasteiger partial charge in [-0.15, -0.1) is 0 Å². The number of hydrogen-bond donors (Lipinski definition) is 1. The lowest BCUT2D eigenvalue weighted by molar-refractivity contribution is -0.140. The smallest absolute Gasteiger partial charge is 0.240 e. The van der Waals surface area contributed by atoms with Crippen LogP contribution in [-0.2, 0) is 33.3 Å². The van der Waals surface area contributed by atoms with Crippen molar-refractivity contribution in [3.8, 4) is 0 Å². The number of nitrogens with one attached hydrogen (secondary N) is 1. The van der Waals surface area contributed by atoms with Gasteiger partial charge in [-0.1, -0.05) is 48.5 Å². The number of amides is 3. The summed E-state index contributed by atoms with van der Waals surface area (Å²) in [7, 11) is 2.01. The summed E-state index contributed by atoms with van der Waals surface area (Å²) in [6.45, 7) is 2.42. The second kappa shape index (κ2) is 8.38. The molecule has 1 atom stereocenters. The lowest BCUT2D eigenvalue weighted by Crippen LogP contribution is -2.39. The minimum Gasteiger partial charge on any atom is -0.356 e. The molecule has 4 rings (SSSR count). The summed E-state index contributed by atoms with van der Waals surface area (Å²) in [4.78, 5) is 39.0. The van der Waals surface area contributed by atoms with Gasteiger partial charge in [0.1, 0.15) is 0 Å². The Kier molecular flexibility index (Phi) is 5.63. The molecule has 6 nitrogen and oxygen atoms in total. The minimum absolute atomic E-state index is 0.109. The van der Waals surface area contributed by atoms with Crippen molar-refractivity contribution >= 4 is 28.6 Å². The highest BCUT2D eigenvalue weighted by Crippen LogP contribution is 2.36. The second-order valence-corrected chi connectivity index (χ2v) is 8.36. The zero-order chi connectivity index (χ0) is 22.0. The molecule has 1 saturated heterocycles. The van der Waals surface area contributed by atoms with Crippen molar-refractivity contribution in [3.63, 3.8) is 0 Å². The number of imide groups is 1. The van der Waals surface area contributed by atoms with Crippen LogP contribution < -0.4 is 5.32 Å². The first kappa shape index (κ1) is 20.8. The first-order valence-electron chi connectivity index (χ1n) is 10.6. The summed E-state index contributed by atoms with van der Waals surface area (Å²) in [6.07, 6.45) is 3.06. The summed E-state index contributed by atoms with van der Waals surface area (Å²) < 4.78 is 2.08. The lowest BCUT2D eigenvalue weighted by Gasteiger charge is -2.22. The average Bonchev–Trinajstić information content (AvgIpc) is 3.21. The Bertz CT molecular complexity index is 1140. The number of aryl methyl sites for hydroxylation is 1. The highest BCUT2D eigenvalue weighted by molar-refractivity contribution is 6.09. The lowest BCUT2D eigenvalue weighted by atomic mass is 9.81. The van der Waals surface area contributed by atoms with Crippen molar-refractivity contribution in [3.05, 3.63) is 71.9 Å². The van der Waals surface area contributed by atoms with E-state index in [1.807, 2.05) is 49.5 Å². The quantitative estimate of drug-likeness (QED) is 0.601. The maximum Gasteiger partial charge on any atom is 0.240 e. The van der Waals surface area contributed by atoms with Crippen LogP contribution in [0.15, 0.2) is 60.8 Å². The summed E-state index contributed by atoms with van der Waals surface area (Å²) >= 11 is 0. The molecule has 0 bridgehead atoms. The number of carbonyl (C=O) groups excluding carboxylic acids is 3. The Morgan fingerprint density at radius 3 is 2.55 bits per heavy atom. The molecule has 1 aliphatic rings. The fraction of sp³-hybridized carbons (Fsp3) is 0.320. The van der Waals surface area contributed by atoms with E-state index in [4.69, 9.17) is 0 Å². The standard InChI is InChI=1S/C25H27N3O3/c1-25(19-8-4-3-5-9-19)16-23(30)28(24(25)31)15-13-22(29)26-14-12-18-17-27(2)21-11-7-6-10-20(18)21/h3-11,17H,12-16H2,1-2H3,(H,26,29)/t25-/m1/s1. The molecule has 31 heavy (non-hydrogen) atoms. The molecule has 3 amide bonds. The van der Waals surface area contributed by atoms with Crippen LogP contribution >= 0.6 is 0 Å². The minimum atomic E-state index is -0.858. The molecule has 0 spiro atoms. The van der Waals surface area contributed by atoms with E-state index in [2.05, 4.69) is 28.2 Å². The molecule has 2 heterocycles. The van der Waals surface area contributed by atoms with Gasteiger partial charge in [0.15, 0.2) is 0 Å². The van der Waals surface area contributed by atoms with E-state index in [1.165, 1.54) is 15.8 Å². The molecule has 160 valence electrons. The van der Waals surface area contributed by atoms with Gasteiger partial charge in [0.05, 0.1) is 5.41 Å². The third-order valence-corrected chi connectivity index (χ3v) is 6.19. The van der Waals surface area contributed by atoms with Crippen molar-refractivity contribution in [1.82, 2.24) is 14.8 Å². The molecule has 1 aliphatic heterocycles. The van der Waals surface area contributed by atoms with Gasteiger partial charge in [0.2, 0.25) is 17.7 Å². The van der Waals surface area contributed by atoms with Gasteiger partial charge in [0.25, 0.3) is 0 Å². The molecular formula is C25H27N3O3. The van der Waals surface area contributed by atoms with Crippen molar-refractivity contribution < 1.29 is 14.4 Å². The van der Waals surface area contributed by atoms with Crippen molar-refractivity contribution in [2.75, 3.05) is 13.1 Å². The number of nitrogens with zero attached hydrogens (tertiary/aromatic N) is 2. The van der Waals surface area contributed by atoms with Gasteiger partial charge in [-0.3, -0.25) is 19.3 Å². The highest BCUT2D eigenvalue weighted by Gasteiger charge is 2.49. The second-order valence-electron chi connectivity index (χ2n) is 8.36. The van der Waals surface area contributed by atoms with Crippen molar-refractivity contribution in [1.29, 1.82) is 0 Å². The number of para-hydroxylation sites is 1. The number of benzene rings is 2. The van der Waals surface area contributed by atoms with Crippen LogP contribution in [0.25, 0.3) is 10.9 Å². The molecule has 0 unspecified atom stereocenters. The van der Waals surface area contributed by atoms with Crippen LogP contribution in [0.3, 0.4) is 0 Å². The zero-order valence-electron chi connectivity index (χ0n) is 17.9. The van der Waals surface area contributed by atoms with E-state index in [1.54, 1.807) is 6.92 Å². The van der Waals surface area contributed by atoms with Crippen LogP contribution in [0.1, 0.15) is 30.9 Å². The van der Waals surface area contributed by atoms with Gasteiger partial charge in [0, 0.05) is 50.1 Å². The third kappa shape index (κ3) is 3.98. The molecule has 1 aromatic heterocycles. The van der Waals surface area contributed by atoms with Crippen LogP contribution in [0.2, 0.25) is 0 Å². The largest absolute Gasteiger partial charge is 0.356 e. The van der Waals surface area contributed by atoms with E-state index in [-0.39, 0.29) is 37.1 Å². The zero-order valence-corrected chi connectivity index (χ0v) is 17.9. The Morgan fingerprint density at radius 2 is 1.77 bits per heavy atom. The Balaban J connectivity index is 1.31. The van der Waals surface area contributed by atoms with Crippen LogP contribution in [0.4, 0.5) is 0 Å². The predicted octanol–water partition coefficient (Wildman–Crippen LogP) is 2.94. The summed E-state index contributed by atoms with van der Waals surface area (Å²) in [5, 5.41) is 4.10. The topological polar surface area (TPSA) is 71.4 Å². The number of fused-ring (bicyclic) bond motifs is 1. The van der Waals surface area contributed by atoms with Gasteiger partial charge in [-0.2, -0.15) is 0 Å². The summed E-state index contributed by atoms with van der Waals surface area (Å²) in [6, 6.07) is 17.5. The number of carbonyl (C=O) groups is 3. The fourth-order valence-electron chi connectivity index (χ4n) is 4.41. The van der Waals surface area contributed by atoms with Gasteiger partial charge in [-0.25, -0.2) is 0 Å².